The van der Waals surface area contributed by atoms with Crippen molar-refractivity contribution in [2.75, 3.05) is 38.2 Å². The van der Waals surface area contributed by atoms with E-state index in [1.54, 1.807) is 6.92 Å². The van der Waals surface area contributed by atoms with Gasteiger partial charge in [-0.1, -0.05) is 0 Å². The second-order valence-corrected chi connectivity index (χ2v) is 6.70. The molecule has 1 N–H and O–H groups in total. The molecule has 0 aliphatic carbocycles. The summed E-state index contributed by atoms with van der Waals surface area (Å²) in [6.45, 7) is 3.25. The van der Waals surface area contributed by atoms with Crippen molar-refractivity contribution in [2.24, 2.45) is 0 Å². The lowest BCUT2D eigenvalue weighted by molar-refractivity contribution is -0.155. The van der Waals surface area contributed by atoms with E-state index in [4.69, 9.17) is 4.74 Å². The molecule has 0 aromatic carbocycles. The maximum Gasteiger partial charge on any atom is 0.330 e. The molecule has 19 heavy (non-hydrogen) atoms. The molecule has 1 unspecified atom stereocenters. The number of piperazine rings is 1. The first-order valence-corrected chi connectivity index (χ1v) is 8.25. The lowest BCUT2D eigenvalue weighted by Gasteiger charge is -2.34. The monoisotopic (exact) mass is 292 g/mol. The normalized spacial score (nSPS) is 20.1. The Morgan fingerprint density at radius 1 is 1.42 bits per heavy atom. The van der Waals surface area contributed by atoms with Crippen molar-refractivity contribution in [3.63, 3.8) is 0 Å². The van der Waals surface area contributed by atoms with Crippen molar-refractivity contribution in [1.82, 2.24) is 10.2 Å². The molecule has 0 bridgehead atoms. The summed E-state index contributed by atoms with van der Waals surface area (Å²) in [7, 11) is -3.19. The van der Waals surface area contributed by atoms with Crippen molar-refractivity contribution in [2.45, 2.75) is 19.4 Å². The van der Waals surface area contributed by atoms with Crippen LogP contribution in [0.5, 0.6) is 0 Å². The Labute approximate surface area is 113 Å². The van der Waals surface area contributed by atoms with E-state index in [0.717, 1.165) is 6.26 Å². The fraction of sp³-hybridized carbons (Fsp3) is 0.818. The Bertz CT molecular complexity index is 434. The van der Waals surface area contributed by atoms with E-state index in [9.17, 15) is 18.0 Å². The zero-order valence-corrected chi connectivity index (χ0v) is 12.0. The molecule has 7 nitrogen and oxygen atoms in total. The largest absolute Gasteiger partial charge is 0.464 e. The summed E-state index contributed by atoms with van der Waals surface area (Å²) in [6, 6.07) is -0.666. The molecule has 0 aromatic heterocycles. The summed E-state index contributed by atoms with van der Waals surface area (Å²) in [4.78, 5) is 25.1. The first-order valence-electron chi connectivity index (χ1n) is 6.19. The molecule has 1 atom stereocenters. The SMILES string of the molecule is CCOC(=O)C1CNCCN1C(=O)CCS(C)(=O)=O. The molecule has 1 fully saturated rings. The number of nitrogens with one attached hydrogen (secondary N) is 1. The summed E-state index contributed by atoms with van der Waals surface area (Å²) >= 11 is 0. The van der Waals surface area contributed by atoms with Crippen LogP contribution in [0.2, 0.25) is 0 Å². The van der Waals surface area contributed by atoms with E-state index >= 15 is 0 Å². The van der Waals surface area contributed by atoms with Gasteiger partial charge < -0.3 is 15.0 Å². The van der Waals surface area contributed by atoms with E-state index in [1.165, 1.54) is 4.90 Å². The van der Waals surface area contributed by atoms with Crippen LogP contribution in [0, 0.1) is 0 Å². The van der Waals surface area contributed by atoms with E-state index < -0.39 is 21.8 Å². The van der Waals surface area contributed by atoms with Gasteiger partial charge in [0.15, 0.2) is 0 Å². The number of carbonyl (C=O) groups excluding carboxylic acids is 2. The van der Waals surface area contributed by atoms with E-state index in [2.05, 4.69) is 5.32 Å². The zero-order chi connectivity index (χ0) is 14.5. The van der Waals surface area contributed by atoms with Gasteiger partial charge in [-0.15, -0.1) is 0 Å². The van der Waals surface area contributed by atoms with Gasteiger partial charge in [0.05, 0.1) is 12.4 Å². The molecule has 0 spiro atoms. The van der Waals surface area contributed by atoms with Crippen molar-refractivity contribution in [1.29, 1.82) is 0 Å². The van der Waals surface area contributed by atoms with Gasteiger partial charge in [-0.25, -0.2) is 13.2 Å². The molecule has 0 radical (unpaired) electrons. The molecule has 1 amide bonds. The molecule has 1 saturated heterocycles. The van der Waals surface area contributed by atoms with E-state index in [1.807, 2.05) is 0 Å². The van der Waals surface area contributed by atoms with Gasteiger partial charge in [-0.05, 0) is 6.92 Å². The van der Waals surface area contributed by atoms with Gasteiger partial charge in [-0.3, -0.25) is 4.79 Å². The average Bonchev–Trinajstić information content (AvgIpc) is 2.35. The van der Waals surface area contributed by atoms with Gasteiger partial charge in [0.2, 0.25) is 5.91 Å². The van der Waals surface area contributed by atoms with Crippen molar-refractivity contribution < 1.29 is 22.7 Å². The van der Waals surface area contributed by atoms with Gasteiger partial charge in [0, 0.05) is 32.3 Å². The Hall–Kier alpha value is -1.15. The third-order valence-corrected chi connectivity index (χ3v) is 3.75. The number of amides is 1. The highest BCUT2D eigenvalue weighted by molar-refractivity contribution is 7.90. The second kappa shape index (κ2) is 6.85. The maximum absolute atomic E-state index is 12.0. The average molecular weight is 292 g/mol. The van der Waals surface area contributed by atoms with Crippen molar-refractivity contribution in [3.8, 4) is 0 Å². The number of nitrogens with zero attached hydrogens (tertiary/aromatic N) is 1. The van der Waals surface area contributed by atoms with Crippen LogP contribution in [-0.2, 0) is 24.2 Å². The highest BCUT2D eigenvalue weighted by Crippen LogP contribution is 2.08. The molecule has 1 heterocycles. The lowest BCUT2D eigenvalue weighted by atomic mass is 10.2. The minimum atomic E-state index is -3.19. The highest BCUT2D eigenvalue weighted by atomic mass is 32.2. The molecule has 110 valence electrons. The van der Waals surface area contributed by atoms with Gasteiger partial charge >= 0.3 is 5.97 Å². The number of ether oxygens (including phenoxy) is 1. The lowest BCUT2D eigenvalue weighted by Crippen LogP contribution is -2.57. The quantitative estimate of drug-likeness (QED) is 0.639. The number of carbonyl (C=O) groups is 2. The maximum atomic E-state index is 12.0. The molecular weight excluding hydrogens is 272 g/mol. The molecule has 1 rings (SSSR count). The van der Waals surface area contributed by atoms with Crippen LogP contribution in [0.15, 0.2) is 0 Å². The summed E-state index contributed by atoms with van der Waals surface area (Å²) in [5, 5.41) is 3.02. The van der Waals surface area contributed by atoms with Crippen molar-refractivity contribution in [3.05, 3.63) is 0 Å². The number of hydrogen-bond donors (Lipinski definition) is 1. The predicted octanol–water partition coefficient (Wildman–Crippen LogP) is -1.22. The molecular formula is C11H20N2O5S. The zero-order valence-electron chi connectivity index (χ0n) is 11.2. The van der Waals surface area contributed by atoms with Crippen LogP contribution in [0.4, 0.5) is 0 Å². The number of esters is 1. The molecule has 1 aliphatic heterocycles. The summed E-state index contributed by atoms with van der Waals surface area (Å²) < 4.78 is 27.0. The van der Waals surface area contributed by atoms with E-state index in [0.29, 0.717) is 19.6 Å². The van der Waals surface area contributed by atoms with Crippen LogP contribution >= 0.6 is 0 Å². The summed E-state index contributed by atoms with van der Waals surface area (Å²) in [5.74, 6) is -0.988. The Balaban J connectivity index is 2.65. The number of hydrogen-bond acceptors (Lipinski definition) is 6. The smallest absolute Gasteiger partial charge is 0.330 e. The van der Waals surface area contributed by atoms with Crippen LogP contribution in [-0.4, -0.2) is 69.5 Å². The third kappa shape index (κ3) is 5.15. The fourth-order valence-corrected chi connectivity index (χ4v) is 2.41. The van der Waals surface area contributed by atoms with Crippen LogP contribution in [0.3, 0.4) is 0 Å². The molecule has 0 aromatic rings. The predicted molar refractivity (Wildman–Crippen MR) is 69.3 cm³/mol. The number of sulfone groups is 1. The van der Waals surface area contributed by atoms with Crippen molar-refractivity contribution >= 4 is 21.7 Å². The Kier molecular flexibility index (Phi) is 5.74. The first-order chi connectivity index (χ1) is 8.85. The summed E-state index contributed by atoms with van der Waals surface area (Å²) in [5.41, 5.74) is 0. The van der Waals surface area contributed by atoms with Gasteiger partial charge in [-0.2, -0.15) is 0 Å². The molecule has 0 saturated carbocycles. The van der Waals surface area contributed by atoms with Crippen LogP contribution in [0.1, 0.15) is 13.3 Å². The van der Waals surface area contributed by atoms with Gasteiger partial charge in [0.1, 0.15) is 15.9 Å². The molecule has 1 aliphatic rings. The van der Waals surface area contributed by atoms with E-state index in [-0.39, 0.29) is 24.7 Å². The number of rotatable bonds is 5. The minimum absolute atomic E-state index is 0.102. The minimum Gasteiger partial charge on any atom is -0.464 e. The Morgan fingerprint density at radius 2 is 2.11 bits per heavy atom. The topological polar surface area (TPSA) is 92.8 Å². The standard InChI is InChI=1S/C11H20N2O5S/c1-3-18-11(15)9-8-12-5-6-13(9)10(14)4-7-19(2,16)17/h9,12H,3-8H2,1-2H3. The summed E-state index contributed by atoms with van der Waals surface area (Å²) in [6.07, 6.45) is 0.982. The Morgan fingerprint density at radius 3 is 2.68 bits per heavy atom. The van der Waals surface area contributed by atoms with Crippen LogP contribution < -0.4 is 5.32 Å². The van der Waals surface area contributed by atoms with Gasteiger partial charge in [0.25, 0.3) is 0 Å². The first kappa shape index (κ1) is 15.9. The van der Waals surface area contributed by atoms with Crippen LogP contribution in [0.25, 0.3) is 0 Å². The molecule has 8 heteroatoms. The second-order valence-electron chi connectivity index (χ2n) is 4.44. The third-order valence-electron chi connectivity index (χ3n) is 2.81. The highest BCUT2D eigenvalue weighted by Gasteiger charge is 2.33. The fourth-order valence-electron chi connectivity index (χ4n) is 1.87.